The SMILES string of the molecule is CCc1cc(Cc2cc(CC)c(N(CC(O)COc3ccc(C(C)C)cc3)CC(O)COc3ccc(C(C)C)cc3)c(CC)c2)cc(CC)c1N(CC(O)COc1ccc(C)cc1)CC(O)COc1ccc(C)cc1. The lowest BCUT2D eigenvalue weighted by atomic mass is 9.91. The maximum absolute atomic E-state index is 11.7. The zero-order chi connectivity index (χ0) is 54.0. The van der Waals surface area contributed by atoms with Gasteiger partial charge in [-0.3, -0.25) is 0 Å². The molecule has 0 radical (unpaired) electrons. The van der Waals surface area contributed by atoms with Crippen molar-refractivity contribution in [3.63, 3.8) is 0 Å². The van der Waals surface area contributed by atoms with Crippen LogP contribution < -0.4 is 28.7 Å². The molecule has 0 aromatic heterocycles. The van der Waals surface area contributed by atoms with E-state index in [-0.39, 0.29) is 52.6 Å². The number of aryl methyl sites for hydroxylation is 6. The van der Waals surface area contributed by atoms with Gasteiger partial charge in [-0.1, -0.05) is 139 Å². The van der Waals surface area contributed by atoms with Gasteiger partial charge in [0.15, 0.2) is 0 Å². The van der Waals surface area contributed by atoms with Crippen LogP contribution in [0.1, 0.15) is 123 Å². The van der Waals surface area contributed by atoms with Crippen LogP contribution in [0.15, 0.2) is 121 Å². The number of rotatable bonds is 30. The lowest BCUT2D eigenvalue weighted by Crippen LogP contribution is -2.42. The van der Waals surface area contributed by atoms with Crippen LogP contribution in [0.2, 0.25) is 0 Å². The second-order valence-electron chi connectivity index (χ2n) is 20.9. The second kappa shape index (κ2) is 28.7. The van der Waals surface area contributed by atoms with Crippen molar-refractivity contribution in [2.24, 2.45) is 0 Å². The number of anilines is 2. The van der Waals surface area contributed by atoms with E-state index in [1.807, 2.05) is 86.6 Å². The summed E-state index contributed by atoms with van der Waals surface area (Å²) < 4.78 is 24.4. The first-order valence-corrected chi connectivity index (χ1v) is 27.4. The Morgan fingerprint density at radius 1 is 0.373 bits per heavy atom. The molecule has 0 saturated heterocycles. The molecule has 0 heterocycles. The van der Waals surface area contributed by atoms with Crippen LogP contribution >= 0.6 is 0 Å². The van der Waals surface area contributed by atoms with Crippen molar-refractivity contribution in [3.05, 3.63) is 177 Å². The van der Waals surface area contributed by atoms with Gasteiger partial charge in [0, 0.05) is 37.6 Å². The lowest BCUT2D eigenvalue weighted by Gasteiger charge is -2.34. The van der Waals surface area contributed by atoms with E-state index in [1.54, 1.807) is 0 Å². The van der Waals surface area contributed by atoms with Gasteiger partial charge in [-0.2, -0.15) is 0 Å². The molecule has 10 nitrogen and oxygen atoms in total. The van der Waals surface area contributed by atoms with Crippen LogP contribution in [0.5, 0.6) is 23.0 Å². The van der Waals surface area contributed by atoms with E-state index in [0.29, 0.717) is 41.3 Å². The van der Waals surface area contributed by atoms with E-state index < -0.39 is 24.4 Å². The summed E-state index contributed by atoms with van der Waals surface area (Å²) in [5.41, 5.74) is 13.7. The molecule has 0 aliphatic carbocycles. The van der Waals surface area contributed by atoms with E-state index in [0.717, 1.165) is 70.4 Å². The molecule has 0 fully saturated rings. The van der Waals surface area contributed by atoms with Gasteiger partial charge < -0.3 is 49.2 Å². The number of ether oxygens (including phenoxy) is 4. The van der Waals surface area contributed by atoms with Crippen molar-refractivity contribution in [3.8, 4) is 23.0 Å². The molecule has 0 bridgehead atoms. The normalized spacial score (nSPS) is 13.1. The molecule has 75 heavy (non-hydrogen) atoms. The summed E-state index contributed by atoms with van der Waals surface area (Å²) in [4.78, 5) is 4.24. The van der Waals surface area contributed by atoms with Gasteiger partial charge in [0.1, 0.15) is 73.8 Å². The largest absolute Gasteiger partial charge is 0.491 e. The Kier molecular flexibility index (Phi) is 22.3. The molecule has 4 unspecified atom stereocenters. The first-order chi connectivity index (χ1) is 36.0. The fourth-order valence-electron chi connectivity index (χ4n) is 9.67. The Hall–Kier alpha value is -6.04. The van der Waals surface area contributed by atoms with Crippen molar-refractivity contribution in [2.45, 2.75) is 138 Å². The maximum Gasteiger partial charge on any atom is 0.119 e. The van der Waals surface area contributed by atoms with E-state index in [1.165, 1.54) is 22.3 Å². The Morgan fingerprint density at radius 3 is 0.840 bits per heavy atom. The number of hydrogen-bond donors (Lipinski definition) is 4. The quantitative estimate of drug-likeness (QED) is 0.0347. The maximum atomic E-state index is 11.7. The van der Waals surface area contributed by atoms with E-state index in [2.05, 4.69) is 114 Å². The van der Waals surface area contributed by atoms with E-state index in [9.17, 15) is 20.4 Å². The van der Waals surface area contributed by atoms with Crippen molar-refractivity contribution < 1.29 is 39.4 Å². The van der Waals surface area contributed by atoms with Gasteiger partial charge in [-0.25, -0.2) is 0 Å². The number of nitrogens with zero attached hydrogens (tertiary/aromatic N) is 2. The molecule has 6 rings (SSSR count). The van der Waals surface area contributed by atoms with Gasteiger partial charge >= 0.3 is 0 Å². The predicted molar refractivity (Wildman–Crippen MR) is 307 cm³/mol. The molecule has 6 aromatic rings. The monoisotopic (exact) mass is 1020 g/mol. The van der Waals surface area contributed by atoms with Crippen molar-refractivity contribution in [1.29, 1.82) is 0 Å². The summed E-state index contributed by atoms with van der Waals surface area (Å²) in [6, 6.07) is 40.8. The molecule has 4 N–H and O–H groups in total. The average molecular weight is 1020 g/mol. The molecular weight excluding hydrogens is 937 g/mol. The molecule has 0 spiro atoms. The zero-order valence-corrected chi connectivity index (χ0v) is 46.5. The minimum atomic E-state index is -0.845. The summed E-state index contributed by atoms with van der Waals surface area (Å²) in [6.45, 7) is 22.7. The summed E-state index contributed by atoms with van der Waals surface area (Å²) in [7, 11) is 0. The molecule has 0 aliphatic heterocycles. The fraction of sp³-hybridized carbons (Fsp3) is 0.446. The molecule has 10 heteroatoms. The topological polar surface area (TPSA) is 124 Å². The summed E-state index contributed by atoms with van der Waals surface area (Å²) in [6.07, 6.45) is 0.315. The number of aliphatic hydroxyl groups is 4. The Balaban J connectivity index is 1.27. The number of hydrogen-bond acceptors (Lipinski definition) is 10. The minimum absolute atomic E-state index is 0.0978. The summed E-state index contributed by atoms with van der Waals surface area (Å²) >= 11 is 0. The second-order valence-corrected chi connectivity index (χ2v) is 20.9. The zero-order valence-electron chi connectivity index (χ0n) is 46.5. The molecule has 0 aliphatic rings. The summed E-state index contributed by atoms with van der Waals surface area (Å²) in [5.74, 6) is 3.61. The smallest absolute Gasteiger partial charge is 0.119 e. The van der Waals surface area contributed by atoms with Crippen LogP contribution in [-0.4, -0.2) is 97.4 Å². The first-order valence-electron chi connectivity index (χ1n) is 27.4. The predicted octanol–water partition coefficient (Wildman–Crippen LogP) is 11.8. The van der Waals surface area contributed by atoms with Crippen LogP contribution in [0.4, 0.5) is 11.4 Å². The van der Waals surface area contributed by atoms with Crippen LogP contribution in [0.3, 0.4) is 0 Å². The first kappa shape index (κ1) is 58.2. The van der Waals surface area contributed by atoms with Crippen LogP contribution in [0.25, 0.3) is 0 Å². The number of aliphatic hydroxyl groups excluding tert-OH is 4. The molecule has 404 valence electrons. The van der Waals surface area contributed by atoms with Gasteiger partial charge in [0.2, 0.25) is 0 Å². The molecular formula is C65H86N2O8. The third-order valence-electron chi connectivity index (χ3n) is 13.8. The highest BCUT2D eigenvalue weighted by atomic mass is 16.5. The van der Waals surface area contributed by atoms with E-state index in [4.69, 9.17) is 18.9 Å². The minimum Gasteiger partial charge on any atom is -0.491 e. The number of benzene rings is 6. The Labute approximate surface area is 448 Å². The molecule has 0 amide bonds. The molecule has 0 saturated carbocycles. The van der Waals surface area contributed by atoms with Crippen molar-refractivity contribution >= 4 is 11.4 Å². The Bertz CT molecular complexity index is 2460. The molecule has 4 atom stereocenters. The fourth-order valence-corrected chi connectivity index (χ4v) is 9.67. The average Bonchev–Trinajstić information content (AvgIpc) is 3.40. The lowest BCUT2D eigenvalue weighted by molar-refractivity contribution is 0.0951. The highest BCUT2D eigenvalue weighted by Crippen LogP contribution is 2.34. The van der Waals surface area contributed by atoms with Gasteiger partial charge in [0.05, 0.1) is 0 Å². The third-order valence-corrected chi connectivity index (χ3v) is 13.8. The van der Waals surface area contributed by atoms with E-state index >= 15 is 0 Å². The highest BCUT2D eigenvalue weighted by Gasteiger charge is 2.25. The standard InChI is InChI=1S/C65H86N2O8/c1-11-50-32-48(33-51(12-2)64(50)66(36-56(68)40-72-60-23-15-46(9)16-24-60)37-57(69)41-73-61-25-17-47(10)18-26-61)31-49-34-52(13-3)65(53(14-4)35-49)67(38-58(70)42-74-62-27-19-54(20-28-62)44(5)6)39-59(71)43-75-63-29-21-55(22-30-63)45(7)8/h15-30,32-35,44-45,56-59,68-71H,11-14,31,36-43H2,1-10H3. The van der Waals surface area contributed by atoms with Gasteiger partial charge in [0.25, 0.3) is 0 Å². The van der Waals surface area contributed by atoms with Crippen LogP contribution in [-0.2, 0) is 32.1 Å². The Morgan fingerprint density at radius 2 is 0.613 bits per heavy atom. The van der Waals surface area contributed by atoms with Gasteiger partial charge in [-0.15, -0.1) is 0 Å². The van der Waals surface area contributed by atoms with Crippen molar-refractivity contribution in [1.82, 2.24) is 0 Å². The van der Waals surface area contributed by atoms with Crippen molar-refractivity contribution in [2.75, 3.05) is 62.4 Å². The van der Waals surface area contributed by atoms with Gasteiger partial charge in [-0.05, 0) is 151 Å². The third kappa shape index (κ3) is 17.5. The highest BCUT2D eigenvalue weighted by molar-refractivity contribution is 5.64. The summed E-state index contributed by atoms with van der Waals surface area (Å²) in [5, 5.41) is 46.4. The van der Waals surface area contributed by atoms with Crippen LogP contribution in [0, 0.1) is 13.8 Å². The molecule has 6 aromatic carbocycles.